The van der Waals surface area contributed by atoms with Crippen LogP contribution in [0.1, 0.15) is 16.5 Å². The van der Waals surface area contributed by atoms with Crippen LogP contribution < -0.4 is 5.32 Å². The number of benzene rings is 1. The van der Waals surface area contributed by atoms with Crippen molar-refractivity contribution < 1.29 is 0 Å². The lowest BCUT2D eigenvalue weighted by Crippen LogP contribution is -2.16. The van der Waals surface area contributed by atoms with Crippen LogP contribution in [0.25, 0.3) is 0 Å². The first-order valence-corrected chi connectivity index (χ1v) is 7.70. The predicted octanol–water partition coefficient (Wildman–Crippen LogP) is 4.97. The summed E-state index contributed by atoms with van der Waals surface area (Å²) in [5.74, 6) is 0. The number of hydrogen-bond donors (Lipinski definition) is 1. The van der Waals surface area contributed by atoms with Crippen molar-refractivity contribution >= 4 is 57.1 Å². The first kappa shape index (κ1) is 13.6. The standard InChI is InChI=1S/C12H10Cl2INS/c1-16-11(12-8(13)4-5-17-12)7-2-3-10(15)9(14)6-7/h2-6,11,16H,1H3. The van der Waals surface area contributed by atoms with E-state index < -0.39 is 0 Å². The quantitative estimate of drug-likeness (QED) is 0.721. The zero-order valence-corrected chi connectivity index (χ0v) is 13.5. The lowest BCUT2D eigenvalue weighted by Gasteiger charge is -2.16. The molecule has 1 heterocycles. The Morgan fingerprint density at radius 2 is 2.00 bits per heavy atom. The minimum absolute atomic E-state index is 0.0944. The Bertz CT molecular complexity index is 527. The third-order valence-corrected chi connectivity index (χ3v) is 5.47. The zero-order valence-electron chi connectivity index (χ0n) is 9.01. The highest BCUT2D eigenvalue weighted by Gasteiger charge is 2.17. The van der Waals surface area contributed by atoms with E-state index in [4.69, 9.17) is 23.2 Å². The molecule has 0 amide bonds. The minimum atomic E-state index is 0.0944. The van der Waals surface area contributed by atoms with Crippen LogP contribution in [0.15, 0.2) is 29.6 Å². The largest absolute Gasteiger partial charge is 0.309 e. The molecular formula is C12H10Cl2INS. The van der Waals surface area contributed by atoms with Gasteiger partial charge in [-0.25, -0.2) is 0 Å². The van der Waals surface area contributed by atoms with E-state index in [-0.39, 0.29) is 6.04 Å². The molecule has 0 saturated carbocycles. The SMILES string of the molecule is CNC(c1ccc(I)c(Cl)c1)c1sccc1Cl. The van der Waals surface area contributed by atoms with Crippen molar-refractivity contribution in [3.05, 3.63) is 53.7 Å². The second-order valence-electron chi connectivity index (χ2n) is 3.53. The maximum Gasteiger partial charge on any atom is 0.0684 e. The summed E-state index contributed by atoms with van der Waals surface area (Å²) in [6, 6.07) is 8.09. The maximum atomic E-state index is 6.17. The molecule has 0 fully saturated rings. The summed E-state index contributed by atoms with van der Waals surface area (Å²) >= 11 is 16.2. The van der Waals surface area contributed by atoms with E-state index in [0.29, 0.717) is 0 Å². The molecule has 90 valence electrons. The molecule has 1 unspecified atom stereocenters. The van der Waals surface area contributed by atoms with E-state index in [0.717, 1.165) is 24.1 Å². The van der Waals surface area contributed by atoms with E-state index in [9.17, 15) is 0 Å². The molecule has 0 aliphatic heterocycles. The summed E-state index contributed by atoms with van der Waals surface area (Å²) in [5, 5.41) is 6.84. The predicted molar refractivity (Wildman–Crippen MR) is 84.4 cm³/mol. The Balaban J connectivity index is 2.42. The van der Waals surface area contributed by atoms with Crippen molar-refractivity contribution in [2.24, 2.45) is 0 Å². The van der Waals surface area contributed by atoms with Gasteiger partial charge in [0.2, 0.25) is 0 Å². The summed E-state index contributed by atoms with van der Waals surface area (Å²) < 4.78 is 1.06. The van der Waals surface area contributed by atoms with E-state index in [1.807, 2.05) is 30.6 Å². The summed E-state index contributed by atoms with van der Waals surface area (Å²) in [4.78, 5) is 1.12. The van der Waals surface area contributed by atoms with Crippen molar-refractivity contribution in [1.29, 1.82) is 0 Å². The lowest BCUT2D eigenvalue weighted by molar-refractivity contribution is 0.704. The monoisotopic (exact) mass is 397 g/mol. The van der Waals surface area contributed by atoms with Crippen LogP contribution in [0.4, 0.5) is 0 Å². The highest BCUT2D eigenvalue weighted by Crippen LogP contribution is 2.34. The van der Waals surface area contributed by atoms with Crippen LogP contribution in [0.3, 0.4) is 0 Å². The van der Waals surface area contributed by atoms with Gasteiger partial charge in [0.05, 0.1) is 16.1 Å². The van der Waals surface area contributed by atoms with E-state index in [1.165, 1.54) is 0 Å². The normalized spacial score (nSPS) is 12.7. The second-order valence-corrected chi connectivity index (χ2v) is 6.45. The van der Waals surface area contributed by atoms with Gasteiger partial charge in [0.15, 0.2) is 0 Å². The van der Waals surface area contributed by atoms with Gasteiger partial charge < -0.3 is 5.32 Å². The van der Waals surface area contributed by atoms with Crippen LogP contribution >= 0.6 is 57.1 Å². The fraction of sp³-hybridized carbons (Fsp3) is 0.167. The summed E-state index contributed by atoms with van der Waals surface area (Å²) in [7, 11) is 1.92. The number of hydrogen-bond acceptors (Lipinski definition) is 2. The van der Waals surface area contributed by atoms with Gasteiger partial charge in [0.25, 0.3) is 0 Å². The lowest BCUT2D eigenvalue weighted by atomic mass is 10.1. The maximum absolute atomic E-state index is 6.17. The van der Waals surface area contributed by atoms with Crippen LogP contribution in [-0.2, 0) is 0 Å². The molecular weight excluding hydrogens is 388 g/mol. The molecule has 1 aromatic heterocycles. The highest BCUT2D eigenvalue weighted by atomic mass is 127. The van der Waals surface area contributed by atoms with E-state index in [1.54, 1.807) is 11.3 Å². The van der Waals surface area contributed by atoms with Gasteiger partial charge in [0, 0.05) is 8.45 Å². The minimum Gasteiger partial charge on any atom is -0.309 e. The molecule has 0 bridgehead atoms. The van der Waals surface area contributed by atoms with Gasteiger partial charge in [-0.2, -0.15) is 0 Å². The van der Waals surface area contributed by atoms with Gasteiger partial charge in [0.1, 0.15) is 0 Å². The zero-order chi connectivity index (χ0) is 12.4. The van der Waals surface area contributed by atoms with Gasteiger partial charge in [-0.1, -0.05) is 29.3 Å². The molecule has 17 heavy (non-hydrogen) atoms. The smallest absolute Gasteiger partial charge is 0.0684 e. The van der Waals surface area contributed by atoms with Crippen molar-refractivity contribution in [2.75, 3.05) is 7.05 Å². The topological polar surface area (TPSA) is 12.0 Å². The van der Waals surface area contributed by atoms with Crippen molar-refractivity contribution in [2.45, 2.75) is 6.04 Å². The van der Waals surface area contributed by atoms with Crippen LogP contribution in [-0.4, -0.2) is 7.05 Å². The van der Waals surface area contributed by atoms with Crippen LogP contribution in [0.5, 0.6) is 0 Å². The second kappa shape index (κ2) is 5.89. The van der Waals surface area contributed by atoms with Gasteiger partial charge in [-0.05, 0) is 58.8 Å². The highest BCUT2D eigenvalue weighted by molar-refractivity contribution is 14.1. The van der Waals surface area contributed by atoms with Crippen LogP contribution in [0, 0.1) is 3.57 Å². The first-order chi connectivity index (χ1) is 8.13. The Kier molecular flexibility index (Phi) is 4.72. The van der Waals surface area contributed by atoms with Gasteiger partial charge in [-0.15, -0.1) is 11.3 Å². The molecule has 0 aliphatic carbocycles. The molecule has 1 aromatic carbocycles. The summed E-state index contributed by atoms with van der Waals surface area (Å²) in [6.45, 7) is 0. The fourth-order valence-electron chi connectivity index (χ4n) is 1.65. The fourth-order valence-corrected chi connectivity index (χ4v) is 3.48. The molecule has 2 rings (SSSR count). The number of rotatable bonds is 3. The molecule has 0 aliphatic rings. The number of halogens is 3. The molecule has 0 radical (unpaired) electrons. The van der Waals surface area contributed by atoms with E-state index in [2.05, 4.69) is 34.0 Å². The third kappa shape index (κ3) is 2.96. The molecule has 0 spiro atoms. The van der Waals surface area contributed by atoms with Crippen molar-refractivity contribution in [3.8, 4) is 0 Å². The average Bonchev–Trinajstić information content (AvgIpc) is 2.71. The molecule has 1 N–H and O–H groups in total. The number of nitrogens with one attached hydrogen (secondary N) is 1. The molecule has 1 atom stereocenters. The Hall–Kier alpha value is 0.190. The summed E-state index contributed by atoms with van der Waals surface area (Å²) in [6.07, 6.45) is 0. The molecule has 5 heteroatoms. The van der Waals surface area contributed by atoms with Crippen molar-refractivity contribution in [3.63, 3.8) is 0 Å². The molecule has 2 aromatic rings. The van der Waals surface area contributed by atoms with Gasteiger partial charge >= 0.3 is 0 Å². The Labute approximate surface area is 128 Å². The van der Waals surface area contributed by atoms with Gasteiger partial charge in [-0.3, -0.25) is 0 Å². The number of thiophene rings is 1. The van der Waals surface area contributed by atoms with Crippen LogP contribution in [0.2, 0.25) is 10.0 Å². The molecule has 1 nitrogen and oxygen atoms in total. The first-order valence-electron chi connectivity index (χ1n) is 4.98. The molecule has 0 saturated heterocycles. The Morgan fingerprint density at radius 3 is 2.53 bits per heavy atom. The summed E-state index contributed by atoms with van der Waals surface area (Å²) in [5.41, 5.74) is 1.13. The van der Waals surface area contributed by atoms with E-state index >= 15 is 0 Å². The third-order valence-electron chi connectivity index (χ3n) is 2.47. The average molecular weight is 398 g/mol. The van der Waals surface area contributed by atoms with Crippen molar-refractivity contribution in [1.82, 2.24) is 5.32 Å². The Morgan fingerprint density at radius 1 is 1.24 bits per heavy atom.